The van der Waals surface area contributed by atoms with Crippen molar-refractivity contribution in [3.63, 3.8) is 0 Å². The lowest BCUT2D eigenvalue weighted by Crippen LogP contribution is -2.50. The van der Waals surface area contributed by atoms with E-state index in [1.165, 1.54) is 6.07 Å². The molecule has 6 rings (SSSR count). The Kier molecular flexibility index (Phi) is 4.05. The van der Waals surface area contributed by atoms with Crippen LogP contribution in [0.5, 0.6) is 0 Å². The summed E-state index contributed by atoms with van der Waals surface area (Å²) in [5, 5.41) is 4.37. The van der Waals surface area contributed by atoms with E-state index in [-0.39, 0.29) is 24.0 Å². The van der Waals surface area contributed by atoms with Crippen molar-refractivity contribution < 1.29 is 13.9 Å². The van der Waals surface area contributed by atoms with Crippen LogP contribution in [0.2, 0.25) is 0 Å². The zero-order chi connectivity index (χ0) is 21.2. The predicted molar refractivity (Wildman–Crippen MR) is 110 cm³/mol. The lowest BCUT2D eigenvalue weighted by molar-refractivity contribution is -0.140. The molecule has 3 aromatic heterocycles. The van der Waals surface area contributed by atoms with Gasteiger partial charge >= 0.3 is 0 Å². The van der Waals surface area contributed by atoms with Crippen LogP contribution in [0.4, 0.5) is 10.2 Å². The molecule has 3 fully saturated rings. The molecule has 3 aliphatic rings. The van der Waals surface area contributed by atoms with Gasteiger partial charge in [0.1, 0.15) is 17.9 Å². The number of aryl methyl sites for hydroxylation is 1. The smallest absolute Gasteiger partial charge is 0.257 e. The van der Waals surface area contributed by atoms with Gasteiger partial charge in [0.2, 0.25) is 0 Å². The maximum atomic E-state index is 14.1. The van der Waals surface area contributed by atoms with Crippen molar-refractivity contribution in [2.24, 2.45) is 0 Å². The number of carbonyl (C=O) groups is 1. The lowest BCUT2D eigenvalue weighted by atomic mass is 9.89. The number of pyridine rings is 1. The van der Waals surface area contributed by atoms with Gasteiger partial charge in [-0.3, -0.25) is 9.78 Å². The summed E-state index contributed by atoms with van der Waals surface area (Å²) in [6.07, 6.45) is 7.69. The minimum atomic E-state index is -0.799. The summed E-state index contributed by atoms with van der Waals surface area (Å²) >= 11 is 0. The minimum Gasteiger partial charge on any atom is -0.356 e. The molecule has 3 aliphatic heterocycles. The molecular formula is C22H23FN6O2. The second-order valence-corrected chi connectivity index (χ2v) is 8.60. The summed E-state index contributed by atoms with van der Waals surface area (Å²) < 4.78 is 22.3. The van der Waals surface area contributed by atoms with Crippen LogP contribution in [0.1, 0.15) is 43.0 Å². The fourth-order valence-corrected chi connectivity index (χ4v) is 5.23. The van der Waals surface area contributed by atoms with Crippen LogP contribution in [0.3, 0.4) is 0 Å². The second-order valence-electron chi connectivity index (χ2n) is 8.60. The van der Waals surface area contributed by atoms with Gasteiger partial charge in [0.15, 0.2) is 11.2 Å². The van der Waals surface area contributed by atoms with E-state index >= 15 is 0 Å². The standard InChI is InChI=1S/C22H23FN6O2/c1-14-16(23)12-15(13-25-14)17-2-3-20-28(17)21(30)22(31-20)6-10-27(11-7-22)19-5-8-24-18-4-9-26-29(18)19/h4-5,8-9,12-13,17,20H,2-3,6-7,10-11H2,1H3. The Morgan fingerprint density at radius 3 is 2.81 bits per heavy atom. The first kappa shape index (κ1) is 18.7. The van der Waals surface area contributed by atoms with Crippen molar-refractivity contribution >= 4 is 17.4 Å². The number of amides is 1. The number of nitrogens with zero attached hydrogens (tertiary/aromatic N) is 6. The molecule has 1 amide bonds. The molecule has 0 radical (unpaired) electrons. The quantitative estimate of drug-likeness (QED) is 0.632. The lowest BCUT2D eigenvalue weighted by Gasteiger charge is -2.38. The van der Waals surface area contributed by atoms with E-state index < -0.39 is 5.60 Å². The first-order valence-electron chi connectivity index (χ1n) is 10.7. The molecule has 0 bridgehead atoms. The molecule has 0 aliphatic carbocycles. The van der Waals surface area contributed by atoms with Crippen molar-refractivity contribution in [1.29, 1.82) is 0 Å². The van der Waals surface area contributed by atoms with Gasteiger partial charge in [-0.1, -0.05) is 0 Å². The Balaban J connectivity index is 1.23. The normalized spacial score (nSPS) is 25.0. The van der Waals surface area contributed by atoms with Gasteiger partial charge in [-0.2, -0.15) is 9.61 Å². The van der Waals surface area contributed by atoms with E-state index in [1.54, 1.807) is 25.5 Å². The second kappa shape index (κ2) is 6.71. The number of ether oxygens (including phenoxy) is 1. The maximum absolute atomic E-state index is 14.1. The molecule has 31 heavy (non-hydrogen) atoms. The number of carbonyl (C=O) groups excluding carboxylic acids is 1. The van der Waals surface area contributed by atoms with Crippen LogP contribution in [-0.2, 0) is 9.53 Å². The molecule has 2 atom stereocenters. The number of piperidine rings is 1. The Morgan fingerprint density at radius 1 is 1.16 bits per heavy atom. The first-order valence-corrected chi connectivity index (χ1v) is 10.7. The highest BCUT2D eigenvalue weighted by molar-refractivity contribution is 5.88. The van der Waals surface area contributed by atoms with Gasteiger partial charge in [-0.25, -0.2) is 9.37 Å². The monoisotopic (exact) mass is 422 g/mol. The number of hydrogen-bond donors (Lipinski definition) is 0. The van der Waals surface area contributed by atoms with Crippen LogP contribution in [-0.4, -0.2) is 55.3 Å². The van der Waals surface area contributed by atoms with Crippen LogP contribution in [0, 0.1) is 12.7 Å². The van der Waals surface area contributed by atoms with E-state index in [9.17, 15) is 9.18 Å². The fraction of sp³-hybridized carbons (Fsp3) is 0.455. The molecule has 8 nitrogen and oxygen atoms in total. The molecule has 6 heterocycles. The largest absolute Gasteiger partial charge is 0.356 e. The fourth-order valence-electron chi connectivity index (χ4n) is 5.23. The summed E-state index contributed by atoms with van der Waals surface area (Å²) in [7, 11) is 0. The molecule has 0 N–H and O–H groups in total. The zero-order valence-corrected chi connectivity index (χ0v) is 17.2. The van der Waals surface area contributed by atoms with Gasteiger partial charge in [-0.15, -0.1) is 0 Å². The average molecular weight is 422 g/mol. The molecule has 0 aromatic carbocycles. The Morgan fingerprint density at radius 2 is 2.00 bits per heavy atom. The molecule has 2 unspecified atom stereocenters. The highest BCUT2D eigenvalue weighted by Crippen LogP contribution is 2.47. The molecule has 9 heteroatoms. The van der Waals surface area contributed by atoms with Crippen molar-refractivity contribution in [2.75, 3.05) is 18.0 Å². The number of anilines is 1. The molecule has 3 saturated heterocycles. The van der Waals surface area contributed by atoms with E-state index in [1.807, 2.05) is 21.5 Å². The SMILES string of the molecule is Cc1ncc(C2CCC3OC4(CCN(c5ccnc6ccnn56)CC4)C(=O)N32)cc1F. The topological polar surface area (TPSA) is 75.9 Å². The molecule has 0 saturated carbocycles. The number of aromatic nitrogens is 4. The molecule has 1 spiro atoms. The highest BCUT2D eigenvalue weighted by atomic mass is 19.1. The number of rotatable bonds is 2. The molecular weight excluding hydrogens is 399 g/mol. The average Bonchev–Trinajstić information content (AvgIpc) is 3.47. The highest BCUT2D eigenvalue weighted by Gasteiger charge is 2.58. The molecule has 160 valence electrons. The van der Waals surface area contributed by atoms with Gasteiger partial charge < -0.3 is 14.5 Å². The maximum Gasteiger partial charge on any atom is 0.257 e. The summed E-state index contributed by atoms with van der Waals surface area (Å²) in [6.45, 7) is 3.02. The molecule has 3 aromatic rings. The summed E-state index contributed by atoms with van der Waals surface area (Å²) in [5.74, 6) is 0.660. The summed E-state index contributed by atoms with van der Waals surface area (Å²) in [6, 6.07) is 5.15. The predicted octanol–water partition coefficient (Wildman–Crippen LogP) is 2.63. The zero-order valence-electron chi connectivity index (χ0n) is 17.2. The van der Waals surface area contributed by atoms with Gasteiger partial charge in [0, 0.05) is 44.4 Å². The summed E-state index contributed by atoms with van der Waals surface area (Å²) in [4.78, 5) is 26.1. The van der Waals surface area contributed by atoms with E-state index in [4.69, 9.17) is 4.74 Å². The van der Waals surface area contributed by atoms with E-state index in [0.717, 1.165) is 29.9 Å². The van der Waals surface area contributed by atoms with Crippen LogP contribution in [0.15, 0.2) is 36.8 Å². The van der Waals surface area contributed by atoms with E-state index in [2.05, 4.69) is 20.0 Å². The van der Waals surface area contributed by atoms with E-state index in [0.29, 0.717) is 31.6 Å². The van der Waals surface area contributed by atoms with Crippen molar-refractivity contribution in [3.05, 3.63) is 53.9 Å². The van der Waals surface area contributed by atoms with Crippen LogP contribution < -0.4 is 4.90 Å². The van der Waals surface area contributed by atoms with Gasteiger partial charge in [0.05, 0.1) is 17.9 Å². The van der Waals surface area contributed by atoms with Gasteiger partial charge in [-0.05, 0) is 37.5 Å². The Labute approximate surface area is 178 Å². The Hall–Kier alpha value is -3.07. The number of hydrogen-bond acceptors (Lipinski definition) is 6. The van der Waals surface area contributed by atoms with Crippen molar-refractivity contribution in [2.45, 2.75) is 50.5 Å². The van der Waals surface area contributed by atoms with Crippen LogP contribution in [0.25, 0.3) is 5.65 Å². The van der Waals surface area contributed by atoms with Gasteiger partial charge in [0.25, 0.3) is 5.91 Å². The van der Waals surface area contributed by atoms with Crippen molar-refractivity contribution in [1.82, 2.24) is 24.5 Å². The Bertz CT molecular complexity index is 1170. The van der Waals surface area contributed by atoms with Crippen molar-refractivity contribution in [3.8, 4) is 0 Å². The third-order valence-corrected chi connectivity index (χ3v) is 6.92. The minimum absolute atomic E-state index is 0.0274. The third-order valence-electron chi connectivity index (χ3n) is 6.92. The summed E-state index contributed by atoms with van der Waals surface area (Å²) in [5.41, 5.74) is 1.11. The first-order chi connectivity index (χ1) is 15.1. The van der Waals surface area contributed by atoms with Crippen LogP contribution >= 0.6 is 0 Å². The number of fused-ring (bicyclic) bond motifs is 2. The third kappa shape index (κ3) is 2.76. The number of halogens is 1.